The molecule has 2 aliphatic rings. The highest BCUT2D eigenvalue weighted by Gasteiger charge is 2.38. The summed E-state index contributed by atoms with van der Waals surface area (Å²) in [5.41, 5.74) is 0. The standard InChI is InChI=1S/C15H25NO3/c1-10-6-5-7-11(2)16(10)14(17)12-8-3-4-9-13(12)15(18)19/h10-13H,3-9H2,1-2H3,(H,18,19)/p-1/t10-,11+,12-,13+/m1/s1. The van der Waals surface area contributed by atoms with Crippen LogP contribution in [0.3, 0.4) is 0 Å². The van der Waals surface area contributed by atoms with Gasteiger partial charge in [-0.15, -0.1) is 0 Å². The number of carbonyl (C=O) groups excluding carboxylic acids is 2. The highest BCUT2D eigenvalue weighted by Crippen LogP contribution is 2.34. The van der Waals surface area contributed by atoms with Crippen molar-refractivity contribution in [3.05, 3.63) is 0 Å². The Hall–Kier alpha value is -1.06. The molecule has 0 aromatic rings. The van der Waals surface area contributed by atoms with Crippen molar-refractivity contribution in [3.8, 4) is 0 Å². The van der Waals surface area contributed by atoms with Crippen molar-refractivity contribution < 1.29 is 14.7 Å². The van der Waals surface area contributed by atoms with Crippen LogP contribution < -0.4 is 5.11 Å². The van der Waals surface area contributed by atoms with Crippen LogP contribution in [0.5, 0.6) is 0 Å². The van der Waals surface area contributed by atoms with Gasteiger partial charge in [0.05, 0.1) is 0 Å². The second-order valence-electron chi connectivity index (χ2n) is 6.19. The van der Waals surface area contributed by atoms with Crippen molar-refractivity contribution in [2.24, 2.45) is 11.8 Å². The predicted molar refractivity (Wildman–Crippen MR) is 70.1 cm³/mol. The molecule has 1 heterocycles. The molecule has 1 saturated carbocycles. The number of amides is 1. The van der Waals surface area contributed by atoms with Gasteiger partial charge in [-0.05, 0) is 46.0 Å². The SMILES string of the molecule is C[C@@H]1CCC[C@H](C)N1C(=O)[C@@H]1CCCC[C@@H]1C(=O)[O-]. The average molecular weight is 266 g/mol. The molecule has 0 N–H and O–H groups in total. The monoisotopic (exact) mass is 266 g/mol. The van der Waals surface area contributed by atoms with Gasteiger partial charge in [-0.3, -0.25) is 4.79 Å². The van der Waals surface area contributed by atoms with Crippen molar-refractivity contribution in [2.45, 2.75) is 70.9 Å². The molecule has 2 fully saturated rings. The number of aliphatic carboxylic acids is 1. The van der Waals surface area contributed by atoms with Crippen molar-refractivity contribution >= 4 is 11.9 Å². The quantitative estimate of drug-likeness (QED) is 0.757. The molecule has 0 aromatic heterocycles. The molecular weight excluding hydrogens is 242 g/mol. The number of carboxylic acids is 1. The molecule has 1 aliphatic heterocycles. The first-order chi connectivity index (χ1) is 9.02. The molecule has 0 radical (unpaired) electrons. The number of hydrogen-bond donors (Lipinski definition) is 0. The average Bonchev–Trinajstić information content (AvgIpc) is 2.38. The molecule has 0 spiro atoms. The summed E-state index contributed by atoms with van der Waals surface area (Å²) in [5, 5.41) is 11.2. The van der Waals surface area contributed by atoms with Crippen molar-refractivity contribution in [3.63, 3.8) is 0 Å². The fourth-order valence-corrected chi connectivity index (χ4v) is 3.76. The van der Waals surface area contributed by atoms with Crippen LogP contribution in [0.25, 0.3) is 0 Å². The smallest absolute Gasteiger partial charge is 0.226 e. The summed E-state index contributed by atoms with van der Waals surface area (Å²) >= 11 is 0. The molecule has 1 saturated heterocycles. The zero-order chi connectivity index (χ0) is 14.0. The van der Waals surface area contributed by atoms with Crippen LogP contribution >= 0.6 is 0 Å². The zero-order valence-electron chi connectivity index (χ0n) is 11.9. The van der Waals surface area contributed by atoms with E-state index in [1.54, 1.807) is 0 Å². The maximum Gasteiger partial charge on any atom is 0.226 e. The number of carbonyl (C=O) groups is 2. The first-order valence-electron chi connectivity index (χ1n) is 7.55. The first kappa shape index (κ1) is 14.4. The van der Waals surface area contributed by atoms with Gasteiger partial charge >= 0.3 is 0 Å². The molecule has 4 atom stereocenters. The van der Waals surface area contributed by atoms with Crippen LogP contribution in [0.2, 0.25) is 0 Å². The minimum atomic E-state index is -1.05. The van der Waals surface area contributed by atoms with Crippen LogP contribution in [0.4, 0.5) is 0 Å². The number of rotatable bonds is 2. The van der Waals surface area contributed by atoms with Gasteiger partial charge in [0, 0.05) is 29.9 Å². The lowest BCUT2D eigenvalue weighted by Crippen LogP contribution is -2.53. The molecule has 1 aliphatic carbocycles. The number of piperidine rings is 1. The molecule has 0 aromatic carbocycles. The predicted octanol–water partition coefficient (Wildman–Crippen LogP) is 1.33. The maximum absolute atomic E-state index is 12.7. The first-order valence-corrected chi connectivity index (χ1v) is 7.55. The van der Waals surface area contributed by atoms with E-state index in [9.17, 15) is 14.7 Å². The van der Waals surface area contributed by atoms with Gasteiger partial charge in [-0.25, -0.2) is 0 Å². The number of carboxylic acid groups (broad SMARTS) is 1. The van der Waals surface area contributed by atoms with E-state index in [2.05, 4.69) is 13.8 Å². The Morgan fingerprint density at radius 1 is 0.895 bits per heavy atom. The largest absolute Gasteiger partial charge is 0.550 e. The van der Waals surface area contributed by atoms with Crippen molar-refractivity contribution in [1.82, 2.24) is 4.90 Å². The maximum atomic E-state index is 12.7. The Kier molecular flexibility index (Phi) is 4.48. The third-order valence-electron chi connectivity index (χ3n) is 4.83. The molecular formula is C15H24NO3-. The Morgan fingerprint density at radius 2 is 1.42 bits per heavy atom. The summed E-state index contributed by atoms with van der Waals surface area (Å²) < 4.78 is 0. The van der Waals surface area contributed by atoms with E-state index in [0.29, 0.717) is 12.8 Å². The molecule has 4 heteroatoms. The molecule has 2 rings (SSSR count). The van der Waals surface area contributed by atoms with Crippen LogP contribution in [0.1, 0.15) is 58.8 Å². The van der Waals surface area contributed by atoms with E-state index in [4.69, 9.17) is 0 Å². The Balaban J connectivity index is 2.14. The van der Waals surface area contributed by atoms with Gasteiger partial charge in [-0.2, -0.15) is 0 Å². The molecule has 108 valence electrons. The minimum absolute atomic E-state index is 0.0496. The van der Waals surface area contributed by atoms with Gasteiger partial charge < -0.3 is 14.8 Å². The topological polar surface area (TPSA) is 60.4 Å². The molecule has 0 bridgehead atoms. The molecule has 0 unspecified atom stereocenters. The lowest BCUT2D eigenvalue weighted by Gasteiger charge is -2.43. The highest BCUT2D eigenvalue weighted by atomic mass is 16.4. The van der Waals surface area contributed by atoms with Crippen LogP contribution in [-0.4, -0.2) is 28.9 Å². The summed E-state index contributed by atoms with van der Waals surface area (Å²) in [7, 11) is 0. The van der Waals surface area contributed by atoms with Gasteiger partial charge in [-0.1, -0.05) is 12.8 Å². The van der Waals surface area contributed by atoms with Gasteiger partial charge in [0.15, 0.2) is 0 Å². The van der Waals surface area contributed by atoms with E-state index in [-0.39, 0.29) is 23.9 Å². The number of nitrogens with zero attached hydrogens (tertiary/aromatic N) is 1. The minimum Gasteiger partial charge on any atom is -0.550 e. The molecule has 1 amide bonds. The normalized spacial score (nSPS) is 36.0. The van der Waals surface area contributed by atoms with Crippen LogP contribution in [-0.2, 0) is 9.59 Å². The van der Waals surface area contributed by atoms with Gasteiger partial charge in [0.1, 0.15) is 0 Å². The summed E-state index contributed by atoms with van der Waals surface area (Å²) in [6, 6.07) is 0.473. The Labute approximate surface area is 115 Å². The highest BCUT2D eigenvalue weighted by molar-refractivity contribution is 5.84. The van der Waals surface area contributed by atoms with Gasteiger partial charge in [0.25, 0.3) is 0 Å². The molecule has 19 heavy (non-hydrogen) atoms. The fraction of sp³-hybridized carbons (Fsp3) is 0.867. The fourth-order valence-electron chi connectivity index (χ4n) is 3.76. The summed E-state index contributed by atoms with van der Waals surface area (Å²) in [6.45, 7) is 4.15. The lowest BCUT2D eigenvalue weighted by atomic mass is 9.77. The van der Waals surface area contributed by atoms with Crippen LogP contribution in [0.15, 0.2) is 0 Å². The summed E-state index contributed by atoms with van der Waals surface area (Å²) in [5.74, 6) is -1.94. The third-order valence-corrected chi connectivity index (χ3v) is 4.83. The summed E-state index contributed by atoms with van der Waals surface area (Å²) in [4.78, 5) is 25.9. The third kappa shape index (κ3) is 2.93. The van der Waals surface area contributed by atoms with E-state index < -0.39 is 11.9 Å². The van der Waals surface area contributed by atoms with E-state index >= 15 is 0 Å². The lowest BCUT2D eigenvalue weighted by molar-refractivity contribution is -0.314. The van der Waals surface area contributed by atoms with E-state index in [0.717, 1.165) is 32.1 Å². The second-order valence-corrected chi connectivity index (χ2v) is 6.19. The second kappa shape index (κ2) is 5.93. The summed E-state index contributed by atoms with van der Waals surface area (Å²) in [6.07, 6.45) is 6.35. The van der Waals surface area contributed by atoms with Crippen molar-refractivity contribution in [1.29, 1.82) is 0 Å². The van der Waals surface area contributed by atoms with E-state index in [1.807, 2.05) is 4.90 Å². The Morgan fingerprint density at radius 3 is 1.95 bits per heavy atom. The van der Waals surface area contributed by atoms with Crippen LogP contribution in [0, 0.1) is 11.8 Å². The Bertz CT molecular complexity index is 345. The van der Waals surface area contributed by atoms with E-state index in [1.165, 1.54) is 0 Å². The van der Waals surface area contributed by atoms with Crippen molar-refractivity contribution in [2.75, 3.05) is 0 Å². The number of hydrogen-bond acceptors (Lipinski definition) is 3. The zero-order valence-corrected chi connectivity index (χ0v) is 11.9. The molecule has 4 nitrogen and oxygen atoms in total. The van der Waals surface area contributed by atoms with Gasteiger partial charge in [0.2, 0.25) is 5.91 Å². The number of likely N-dealkylation sites (tertiary alicyclic amines) is 1.